The SMILES string of the molecule is COc1cccc2cc(C(=O)N3CCN(S(=O)(=O)c4ccc(Cl)cc4)CC3)oc12. The molecule has 0 atom stereocenters. The molecule has 1 fully saturated rings. The number of amides is 1. The van der Waals surface area contributed by atoms with Crippen molar-refractivity contribution in [2.24, 2.45) is 0 Å². The third kappa shape index (κ3) is 3.71. The van der Waals surface area contributed by atoms with E-state index < -0.39 is 10.0 Å². The number of benzene rings is 2. The second-order valence-corrected chi connectivity index (χ2v) is 9.01. The molecule has 7 nitrogen and oxygen atoms in total. The number of methoxy groups -OCH3 is 1. The molecule has 0 bridgehead atoms. The summed E-state index contributed by atoms with van der Waals surface area (Å²) in [5.74, 6) is 0.491. The van der Waals surface area contributed by atoms with Gasteiger partial charge in [-0.3, -0.25) is 4.79 Å². The molecule has 0 saturated carbocycles. The van der Waals surface area contributed by atoms with Crippen molar-refractivity contribution in [2.45, 2.75) is 4.90 Å². The summed E-state index contributed by atoms with van der Waals surface area (Å²) < 4.78 is 37.9. The first-order chi connectivity index (χ1) is 13.9. The molecule has 29 heavy (non-hydrogen) atoms. The molecule has 4 rings (SSSR count). The highest BCUT2D eigenvalue weighted by Crippen LogP contribution is 2.29. The lowest BCUT2D eigenvalue weighted by molar-refractivity contribution is 0.0668. The highest BCUT2D eigenvalue weighted by atomic mass is 35.5. The number of rotatable bonds is 4. The van der Waals surface area contributed by atoms with Gasteiger partial charge in [-0.25, -0.2) is 8.42 Å². The van der Waals surface area contributed by atoms with E-state index in [0.717, 1.165) is 5.39 Å². The van der Waals surface area contributed by atoms with Crippen molar-refractivity contribution in [2.75, 3.05) is 33.3 Å². The Kier molecular flexibility index (Phi) is 5.24. The minimum absolute atomic E-state index is 0.186. The van der Waals surface area contributed by atoms with Gasteiger partial charge in [-0.05, 0) is 36.4 Å². The van der Waals surface area contributed by atoms with Gasteiger partial charge in [0.05, 0.1) is 12.0 Å². The zero-order valence-electron chi connectivity index (χ0n) is 15.7. The fourth-order valence-electron chi connectivity index (χ4n) is 3.35. The van der Waals surface area contributed by atoms with Crippen LogP contribution in [0.15, 0.2) is 57.8 Å². The molecule has 1 saturated heterocycles. The van der Waals surface area contributed by atoms with Gasteiger partial charge in [0.25, 0.3) is 5.91 Å². The predicted molar refractivity (Wildman–Crippen MR) is 109 cm³/mol. The molecular formula is C20H19ClN2O5S. The summed E-state index contributed by atoms with van der Waals surface area (Å²) in [5.41, 5.74) is 0.516. The highest BCUT2D eigenvalue weighted by molar-refractivity contribution is 7.89. The molecule has 0 radical (unpaired) electrons. The van der Waals surface area contributed by atoms with Crippen LogP contribution in [0.5, 0.6) is 5.75 Å². The summed E-state index contributed by atoms with van der Waals surface area (Å²) >= 11 is 5.84. The largest absolute Gasteiger partial charge is 0.493 e. The van der Waals surface area contributed by atoms with Gasteiger partial charge in [-0.2, -0.15) is 4.31 Å². The second-order valence-electron chi connectivity index (χ2n) is 6.64. The summed E-state index contributed by atoms with van der Waals surface area (Å²) in [6.07, 6.45) is 0. The molecule has 0 N–H and O–H groups in total. The summed E-state index contributed by atoms with van der Waals surface area (Å²) in [6, 6.07) is 13.2. The van der Waals surface area contributed by atoms with Crippen molar-refractivity contribution in [3.8, 4) is 5.75 Å². The van der Waals surface area contributed by atoms with Gasteiger partial charge in [-0.1, -0.05) is 23.7 Å². The Hall–Kier alpha value is -2.55. The molecule has 1 aliphatic rings. The van der Waals surface area contributed by atoms with Gasteiger partial charge < -0.3 is 14.1 Å². The number of hydrogen-bond acceptors (Lipinski definition) is 5. The number of ether oxygens (including phenoxy) is 1. The highest BCUT2D eigenvalue weighted by Gasteiger charge is 2.31. The molecule has 1 amide bonds. The van der Waals surface area contributed by atoms with E-state index in [2.05, 4.69) is 0 Å². The summed E-state index contributed by atoms with van der Waals surface area (Å²) in [5, 5.41) is 1.25. The van der Waals surface area contributed by atoms with Crippen LogP contribution in [0.25, 0.3) is 11.0 Å². The number of furan rings is 1. The molecule has 0 unspecified atom stereocenters. The van der Waals surface area contributed by atoms with Crippen molar-refractivity contribution in [3.05, 3.63) is 59.3 Å². The number of nitrogens with zero attached hydrogens (tertiary/aromatic N) is 2. The van der Waals surface area contributed by atoms with E-state index in [0.29, 0.717) is 16.4 Å². The molecule has 1 aromatic heterocycles. The number of fused-ring (bicyclic) bond motifs is 1. The summed E-state index contributed by atoms with van der Waals surface area (Å²) in [4.78, 5) is 14.6. The zero-order chi connectivity index (χ0) is 20.6. The molecule has 0 spiro atoms. The maximum absolute atomic E-state index is 12.8. The zero-order valence-corrected chi connectivity index (χ0v) is 17.2. The lowest BCUT2D eigenvalue weighted by Gasteiger charge is -2.33. The molecule has 152 valence electrons. The van der Waals surface area contributed by atoms with Crippen molar-refractivity contribution >= 4 is 38.5 Å². The molecule has 2 heterocycles. The third-order valence-electron chi connectivity index (χ3n) is 4.92. The molecule has 1 aliphatic heterocycles. The first-order valence-electron chi connectivity index (χ1n) is 9.02. The second kappa shape index (κ2) is 7.70. The number of para-hydroxylation sites is 1. The van der Waals surface area contributed by atoms with Crippen molar-refractivity contribution in [3.63, 3.8) is 0 Å². The van der Waals surface area contributed by atoms with Crippen LogP contribution < -0.4 is 4.74 Å². The van der Waals surface area contributed by atoms with E-state index in [1.807, 2.05) is 12.1 Å². The van der Waals surface area contributed by atoms with Gasteiger partial charge in [0.2, 0.25) is 10.0 Å². The van der Waals surface area contributed by atoms with Crippen LogP contribution in [-0.4, -0.2) is 56.8 Å². The number of carbonyl (C=O) groups excluding carboxylic acids is 1. The normalized spacial score (nSPS) is 15.6. The monoisotopic (exact) mass is 434 g/mol. The van der Waals surface area contributed by atoms with E-state index in [4.69, 9.17) is 20.8 Å². The summed E-state index contributed by atoms with van der Waals surface area (Å²) in [6.45, 7) is 0.972. The van der Waals surface area contributed by atoms with Crippen LogP contribution in [0.1, 0.15) is 10.6 Å². The minimum atomic E-state index is -3.63. The fraction of sp³-hybridized carbons (Fsp3) is 0.250. The van der Waals surface area contributed by atoms with E-state index in [9.17, 15) is 13.2 Å². The van der Waals surface area contributed by atoms with Gasteiger partial charge in [0, 0.05) is 36.6 Å². The number of carbonyl (C=O) groups is 1. The van der Waals surface area contributed by atoms with E-state index >= 15 is 0 Å². The van der Waals surface area contributed by atoms with Crippen LogP contribution in [0.3, 0.4) is 0 Å². The Morgan fingerprint density at radius 2 is 1.76 bits per heavy atom. The Labute approximate surface area is 173 Å². The average Bonchev–Trinajstić information content (AvgIpc) is 3.18. The lowest BCUT2D eigenvalue weighted by atomic mass is 10.2. The van der Waals surface area contributed by atoms with E-state index in [1.54, 1.807) is 36.3 Å². The summed E-state index contributed by atoms with van der Waals surface area (Å²) in [7, 11) is -2.08. The predicted octanol–water partition coefficient (Wildman–Crippen LogP) is 3.24. The van der Waals surface area contributed by atoms with Crippen molar-refractivity contribution < 1.29 is 22.4 Å². The van der Waals surface area contributed by atoms with Gasteiger partial charge in [0.1, 0.15) is 0 Å². The average molecular weight is 435 g/mol. The van der Waals surface area contributed by atoms with Crippen LogP contribution in [0, 0.1) is 0 Å². The number of sulfonamides is 1. The lowest BCUT2D eigenvalue weighted by Crippen LogP contribution is -2.50. The van der Waals surface area contributed by atoms with Crippen molar-refractivity contribution in [1.82, 2.24) is 9.21 Å². The molecule has 0 aliphatic carbocycles. The third-order valence-corrected chi connectivity index (χ3v) is 7.08. The first-order valence-corrected chi connectivity index (χ1v) is 10.8. The minimum Gasteiger partial charge on any atom is -0.493 e. The number of halogens is 1. The van der Waals surface area contributed by atoms with Gasteiger partial charge in [0.15, 0.2) is 17.1 Å². The Morgan fingerprint density at radius 1 is 1.07 bits per heavy atom. The van der Waals surface area contributed by atoms with E-state index in [-0.39, 0.29) is 42.7 Å². The van der Waals surface area contributed by atoms with Gasteiger partial charge in [-0.15, -0.1) is 0 Å². The number of piperazine rings is 1. The van der Waals surface area contributed by atoms with Crippen LogP contribution >= 0.6 is 11.6 Å². The Morgan fingerprint density at radius 3 is 2.41 bits per heavy atom. The van der Waals surface area contributed by atoms with Crippen LogP contribution in [0.2, 0.25) is 5.02 Å². The van der Waals surface area contributed by atoms with E-state index in [1.165, 1.54) is 16.4 Å². The fourth-order valence-corrected chi connectivity index (χ4v) is 4.89. The molecule has 2 aromatic carbocycles. The van der Waals surface area contributed by atoms with Gasteiger partial charge >= 0.3 is 0 Å². The maximum atomic E-state index is 12.8. The topological polar surface area (TPSA) is 80.1 Å². The smallest absolute Gasteiger partial charge is 0.289 e. The van der Waals surface area contributed by atoms with Crippen molar-refractivity contribution in [1.29, 1.82) is 0 Å². The van der Waals surface area contributed by atoms with Crippen LogP contribution in [-0.2, 0) is 10.0 Å². The quantitative estimate of drug-likeness (QED) is 0.629. The molecule has 9 heteroatoms. The van der Waals surface area contributed by atoms with Crippen LogP contribution in [0.4, 0.5) is 0 Å². The molecule has 3 aromatic rings. The maximum Gasteiger partial charge on any atom is 0.289 e. The Bertz CT molecular complexity index is 1150. The Balaban J connectivity index is 1.48. The number of hydrogen-bond donors (Lipinski definition) is 0. The first kappa shape index (κ1) is 19.8. The molecular weight excluding hydrogens is 416 g/mol. The standard InChI is InChI=1S/C20H19ClN2O5S/c1-27-17-4-2-3-14-13-18(28-19(14)17)20(24)22-9-11-23(12-10-22)29(25,26)16-7-5-15(21)6-8-16/h2-8,13H,9-12H2,1H3.